The van der Waals surface area contributed by atoms with Crippen molar-refractivity contribution in [3.63, 3.8) is 0 Å². The third-order valence-corrected chi connectivity index (χ3v) is 4.51. The van der Waals surface area contributed by atoms with Crippen LogP contribution in [0.2, 0.25) is 0 Å². The van der Waals surface area contributed by atoms with Crippen molar-refractivity contribution in [2.24, 2.45) is 0 Å². The van der Waals surface area contributed by atoms with Crippen LogP contribution in [0.1, 0.15) is 12.5 Å². The van der Waals surface area contributed by atoms with Gasteiger partial charge in [-0.3, -0.25) is 0 Å². The molecule has 1 aliphatic rings. The molecular weight excluding hydrogens is 417 g/mol. The Hall–Kier alpha value is -1.31. The van der Waals surface area contributed by atoms with Gasteiger partial charge in [0.1, 0.15) is 18.5 Å². The maximum atomic E-state index is 6.05. The Balaban J connectivity index is 1.84. The van der Waals surface area contributed by atoms with Gasteiger partial charge in [0, 0.05) is 28.9 Å². The molecule has 1 heterocycles. The molecule has 2 unspecified atom stereocenters. The molecule has 2 rings (SSSR count). The van der Waals surface area contributed by atoms with Crippen LogP contribution in [-0.2, 0) is 20.0 Å². The molecule has 130 valence electrons. The van der Waals surface area contributed by atoms with Gasteiger partial charge in [-0.15, -0.1) is 0 Å². The quantitative estimate of drug-likeness (QED) is 0.363. The van der Waals surface area contributed by atoms with Crippen LogP contribution in [0.3, 0.4) is 0 Å². The van der Waals surface area contributed by atoms with Gasteiger partial charge in [0.25, 0.3) is 0 Å². The van der Waals surface area contributed by atoms with Crippen LogP contribution < -0.4 is 0 Å². The predicted octanol–water partition coefficient (Wildman–Crippen LogP) is 4.04. The summed E-state index contributed by atoms with van der Waals surface area (Å²) in [5.41, 5.74) is 1.89. The van der Waals surface area contributed by atoms with Crippen molar-refractivity contribution in [3.05, 3.63) is 70.2 Å². The third kappa shape index (κ3) is 5.09. The van der Waals surface area contributed by atoms with Crippen LogP contribution in [0.5, 0.6) is 0 Å². The second-order valence-corrected chi connectivity index (χ2v) is 7.25. The highest BCUT2D eigenvalue weighted by Gasteiger charge is 2.39. The van der Waals surface area contributed by atoms with Crippen LogP contribution in [0.15, 0.2) is 61.0 Å². The lowest BCUT2D eigenvalue weighted by Gasteiger charge is -2.24. The van der Waals surface area contributed by atoms with E-state index in [0.29, 0.717) is 19.0 Å². The third-order valence-electron chi connectivity index (χ3n) is 3.80. The fourth-order valence-electron chi connectivity index (χ4n) is 2.21. The minimum atomic E-state index is -0.727. The van der Waals surface area contributed by atoms with Gasteiger partial charge in [-0.05, 0) is 53.8 Å². The van der Waals surface area contributed by atoms with Crippen LogP contribution in [0.25, 0.3) is 0 Å². The van der Waals surface area contributed by atoms with Gasteiger partial charge in [0.15, 0.2) is 5.79 Å². The second-order valence-electron chi connectivity index (χ2n) is 6.00. The van der Waals surface area contributed by atoms with E-state index in [1.807, 2.05) is 56.3 Å². The van der Waals surface area contributed by atoms with E-state index >= 15 is 0 Å². The molecular formula is C19H24INO3. The molecule has 0 aromatic heterocycles. The lowest BCUT2D eigenvalue weighted by Crippen LogP contribution is -2.25. The van der Waals surface area contributed by atoms with Gasteiger partial charge in [0.05, 0.1) is 6.61 Å². The summed E-state index contributed by atoms with van der Waals surface area (Å²) in [6.07, 6.45) is 3.54. The number of hydrogen-bond donors (Lipinski definition) is 0. The summed E-state index contributed by atoms with van der Waals surface area (Å²) in [6, 6.07) is 8.14. The van der Waals surface area contributed by atoms with Crippen molar-refractivity contribution in [3.8, 4) is 0 Å². The molecule has 0 spiro atoms. The molecule has 4 nitrogen and oxygen atoms in total. The maximum Gasteiger partial charge on any atom is 0.192 e. The second kappa shape index (κ2) is 8.18. The zero-order valence-corrected chi connectivity index (χ0v) is 16.6. The summed E-state index contributed by atoms with van der Waals surface area (Å²) in [5, 5.41) is 0. The van der Waals surface area contributed by atoms with E-state index in [-0.39, 0.29) is 6.10 Å². The molecule has 0 N–H and O–H groups in total. The number of rotatable bonds is 7. The molecule has 0 bridgehead atoms. The summed E-state index contributed by atoms with van der Waals surface area (Å²) in [7, 11) is 3.87. The van der Waals surface area contributed by atoms with Crippen molar-refractivity contribution >= 4 is 22.6 Å². The maximum absolute atomic E-state index is 6.05. The number of allylic oxidation sites excluding steroid dienone is 2. The van der Waals surface area contributed by atoms with E-state index in [4.69, 9.17) is 14.2 Å². The minimum absolute atomic E-state index is 0.128. The first-order valence-electron chi connectivity index (χ1n) is 7.74. The predicted molar refractivity (Wildman–Crippen MR) is 104 cm³/mol. The Bertz CT molecular complexity index is 624. The lowest BCUT2D eigenvalue weighted by molar-refractivity contribution is -0.165. The topological polar surface area (TPSA) is 30.9 Å². The number of halogens is 1. The lowest BCUT2D eigenvalue weighted by atomic mass is 10.1. The first-order chi connectivity index (χ1) is 11.3. The van der Waals surface area contributed by atoms with Gasteiger partial charge in [-0.25, -0.2) is 0 Å². The van der Waals surface area contributed by atoms with Crippen molar-refractivity contribution in [1.82, 2.24) is 4.90 Å². The highest BCUT2D eigenvalue weighted by Crippen LogP contribution is 2.34. The monoisotopic (exact) mass is 441 g/mol. The van der Waals surface area contributed by atoms with Crippen molar-refractivity contribution in [2.75, 3.05) is 27.3 Å². The van der Waals surface area contributed by atoms with Crippen molar-refractivity contribution in [2.45, 2.75) is 18.8 Å². The number of benzene rings is 1. The molecule has 1 aliphatic heterocycles. The fourth-order valence-corrected chi connectivity index (χ4v) is 2.57. The number of likely N-dealkylation sites (N-methyl/N-ethyl adjacent to an activating group) is 1. The number of hydrogen-bond acceptors (Lipinski definition) is 4. The Labute approximate surface area is 157 Å². The smallest absolute Gasteiger partial charge is 0.192 e. The molecule has 5 heteroatoms. The highest BCUT2D eigenvalue weighted by molar-refractivity contribution is 14.1. The Morgan fingerprint density at radius 1 is 1.33 bits per heavy atom. The fraction of sp³-hybridized carbons (Fsp3) is 0.368. The molecule has 1 fully saturated rings. The van der Waals surface area contributed by atoms with E-state index < -0.39 is 5.79 Å². The molecule has 24 heavy (non-hydrogen) atoms. The summed E-state index contributed by atoms with van der Waals surface area (Å²) in [6.45, 7) is 10.6. The molecule has 0 aliphatic carbocycles. The molecule has 2 atom stereocenters. The van der Waals surface area contributed by atoms with Gasteiger partial charge in [-0.1, -0.05) is 25.3 Å². The van der Waals surface area contributed by atoms with E-state index in [0.717, 1.165) is 11.3 Å². The summed E-state index contributed by atoms with van der Waals surface area (Å²) in [4.78, 5) is 1.92. The standard InChI is InChI=1S/C19H24INO3/c1-14(21(4)5)6-7-15(2)22-12-18-13-23-19(3,24-18)16-8-10-17(20)11-9-16/h6-11,18H,1-2,12-13H2,3-5H3/b7-6-. The summed E-state index contributed by atoms with van der Waals surface area (Å²) in [5.74, 6) is -0.154. The van der Waals surface area contributed by atoms with Crippen LogP contribution in [0.4, 0.5) is 0 Å². The van der Waals surface area contributed by atoms with Gasteiger partial charge in [0.2, 0.25) is 0 Å². The average Bonchev–Trinajstić information content (AvgIpc) is 2.93. The largest absolute Gasteiger partial charge is 0.491 e. The Morgan fingerprint density at radius 3 is 2.62 bits per heavy atom. The molecule has 1 aromatic carbocycles. The zero-order chi connectivity index (χ0) is 17.7. The number of ether oxygens (including phenoxy) is 3. The van der Waals surface area contributed by atoms with Crippen LogP contribution in [0, 0.1) is 3.57 Å². The first-order valence-corrected chi connectivity index (χ1v) is 8.82. The first kappa shape index (κ1) is 19.0. The van der Waals surface area contributed by atoms with Crippen LogP contribution in [-0.4, -0.2) is 38.3 Å². The van der Waals surface area contributed by atoms with E-state index in [9.17, 15) is 0 Å². The molecule has 0 amide bonds. The van der Waals surface area contributed by atoms with Gasteiger partial charge in [-0.2, -0.15) is 0 Å². The highest BCUT2D eigenvalue weighted by atomic mass is 127. The Morgan fingerprint density at radius 2 is 2.00 bits per heavy atom. The molecule has 1 saturated heterocycles. The van der Waals surface area contributed by atoms with E-state index in [1.54, 1.807) is 6.08 Å². The van der Waals surface area contributed by atoms with E-state index in [1.165, 1.54) is 3.57 Å². The van der Waals surface area contributed by atoms with Gasteiger partial charge >= 0.3 is 0 Å². The average molecular weight is 441 g/mol. The van der Waals surface area contributed by atoms with Crippen molar-refractivity contribution in [1.29, 1.82) is 0 Å². The van der Waals surface area contributed by atoms with Crippen molar-refractivity contribution < 1.29 is 14.2 Å². The van der Waals surface area contributed by atoms with Gasteiger partial charge < -0.3 is 19.1 Å². The Kier molecular flexibility index (Phi) is 6.48. The van der Waals surface area contributed by atoms with E-state index in [2.05, 4.69) is 35.7 Å². The SMILES string of the molecule is C=C(/C=C\C(=C)N(C)C)OCC1COC(C)(c2ccc(I)cc2)O1. The minimum Gasteiger partial charge on any atom is -0.491 e. The zero-order valence-electron chi connectivity index (χ0n) is 14.4. The summed E-state index contributed by atoms with van der Waals surface area (Å²) < 4.78 is 18.8. The van der Waals surface area contributed by atoms with Crippen LogP contribution >= 0.6 is 22.6 Å². The summed E-state index contributed by atoms with van der Waals surface area (Å²) >= 11 is 2.28. The molecule has 0 radical (unpaired) electrons. The number of nitrogens with zero attached hydrogens (tertiary/aromatic N) is 1. The molecule has 1 aromatic rings. The molecule has 0 saturated carbocycles. The normalized spacial score (nSPS) is 23.4.